The maximum absolute atomic E-state index is 12.0. The van der Waals surface area contributed by atoms with Crippen LogP contribution in [0.1, 0.15) is 38.3 Å². The van der Waals surface area contributed by atoms with E-state index in [1.807, 2.05) is 45.0 Å². The second-order valence-corrected chi connectivity index (χ2v) is 8.15. The molecule has 2 aromatic rings. The van der Waals surface area contributed by atoms with E-state index in [4.69, 9.17) is 9.47 Å². The first-order chi connectivity index (χ1) is 13.2. The van der Waals surface area contributed by atoms with E-state index < -0.39 is 11.7 Å². The summed E-state index contributed by atoms with van der Waals surface area (Å²) in [5.41, 5.74) is 4.65. The van der Waals surface area contributed by atoms with Crippen LogP contribution >= 0.6 is 0 Å². The number of aryl methyl sites for hydroxylation is 1. The Labute approximate surface area is 166 Å². The number of nitrogens with one attached hydrogen (secondary N) is 1. The largest absolute Gasteiger partial charge is 0.469 e. The van der Waals surface area contributed by atoms with Crippen molar-refractivity contribution in [3.05, 3.63) is 53.6 Å². The van der Waals surface area contributed by atoms with Gasteiger partial charge in [0.2, 0.25) is 0 Å². The molecule has 0 radical (unpaired) electrons. The van der Waals surface area contributed by atoms with Crippen LogP contribution in [0.15, 0.2) is 42.5 Å². The molecule has 0 heterocycles. The number of esters is 1. The minimum atomic E-state index is -0.545. The monoisotopic (exact) mass is 381 g/mol. The van der Waals surface area contributed by atoms with E-state index in [0.717, 1.165) is 24.0 Å². The van der Waals surface area contributed by atoms with Crippen molar-refractivity contribution >= 4 is 17.7 Å². The molecule has 5 heteroatoms. The molecule has 0 fully saturated rings. The first kappa shape index (κ1) is 19.9. The zero-order valence-corrected chi connectivity index (χ0v) is 16.9. The van der Waals surface area contributed by atoms with Gasteiger partial charge in [-0.2, -0.15) is 0 Å². The third kappa shape index (κ3) is 4.91. The van der Waals surface area contributed by atoms with Crippen LogP contribution in [0.4, 0.5) is 10.5 Å². The normalized spacial score (nSPS) is 16.1. The Morgan fingerprint density at radius 3 is 2.50 bits per heavy atom. The third-order valence-corrected chi connectivity index (χ3v) is 4.81. The van der Waals surface area contributed by atoms with Gasteiger partial charge in [0.25, 0.3) is 0 Å². The molecule has 1 atom stereocenters. The van der Waals surface area contributed by atoms with E-state index in [1.54, 1.807) is 0 Å². The number of carbonyl (C=O) groups excluding carboxylic acids is 2. The number of hydrogen-bond donors (Lipinski definition) is 1. The minimum absolute atomic E-state index is 0.0760. The molecule has 3 rings (SSSR count). The molecule has 2 aromatic carbocycles. The van der Waals surface area contributed by atoms with Crippen molar-refractivity contribution in [2.75, 3.05) is 12.4 Å². The van der Waals surface area contributed by atoms with E-state index in [-0.39, 0.29) is 11.9 Å². The van der Waals surface area contributed by atoms with Gasteiger partial charge in [-0.15, -0.1) is 0 Å². The topological polar surface area (TPSA) is 64.6 Å². The quantitative estimate of drug-likeness (QED) is 0.762. The maximum atomic E-state index is 12.0. The van der Waals surface area contributed by atoms with Crippen molar-refractivity contribution in [1.82, 2.24) is 0 Å². The fourth-order valence-corrected chi connectivity index (χ4v) is 3.50. The molecule has 0 aromatic heterocycles. The Morgan fingerprint density at radius 2 is 1.79 bits per heavy atom. The fourth-order valence-electron chi connectivity index (χ4n) is 3.50. The number of rotatable bonds is 3. The summed E-state index contributed by atoms with van der Waals surface area (Å²) < 4.78 is 10.2. The van der Waals surface area contributed by atoms with Crippen LogP contribution in [0.5, 0.6) is 0 Å². The van der Waals surface area contributed by atoms with Gasteiger partial charge in [-0.25, -0.2) is 4.79 Å². The maximum Gasteiger partial charge on any atom is 0.412 e. The zero-order chi connectivity index (χ0) is 20.3. The zero-order valence-electron chi connectivity index (χ0n) is 16.9. The van der Waals surface area contributed by atoms with Crippen molar-refractivity contribution in [3.8, 4) is 11.1 Å². The lowest BCUT2D eigenvalue weighted by molar-refractivity contribution is -0.145. The molecule has 0 saturated heterocycles. The number of carbonyl (C=O) groups is 2. The first-order valence-corrected chi connectivity index (χ1v) is 9.55. The number of hydrogen-bond acceptors (Lipinski definition) is 4. The Hall–Kier alpha value is -2.82. The summed E-state index contributed by atoms with van der Waals surface area (Å²) in [6, 6.07) is 14.0. The summed E-state index contributed by atoms with van der Waals surface area (Å²) >= 11 is 0. The predicted molar refractivity (Wildman–Crippen MR) is 109 cm³/mol. The molecule has 1 amide bonds. The summed E-state index contributed by atoms with van der Waals surface area (Å²) in [5.74, 6) is -0.215. The Balaban J connectivity index is 1.79. The van der Waals surface area contributed by atoms with Crippen LogP contribution in [-0.2, 0) is 27.1 Å². The number of ether oxygens (including phenoxy) is 2. The average Bonchev–Trinajstić information content (AvgIpc) is 2.65. The summed E-state index contributed by atoms with van der Waals surface area (Å²) in [4.78, 5) is 23.9. The number of anilines is 1. The fraction of sp³-hybridized carbons (Fsp3) is 0.391. The highest BCUT2D eigenvalue weighted by Crippen LogP contribution is 2.31. The predicted octanol–water partition coefficient (Wildman–Crippen LogP) is 4.98. The van der Waals surface area contributed by atoms with Gasteiger partial charge in [0.15, 0.2) is 0 Å². The van der Waals surface area contributed by atoms with Crippen LogP contribution in [0, 0.1) is 5.92 Å². The molecular formula is C23H27NO4. The highest BCUT2D eigenvalue weighted by molar-refractivity contribution is 5.86. The van der Waals surface area contributed by atoms with Crippen LogP contribution in [0.3, 0.4) is 0 Å². The van der Waals surface area contributed by atoms with Crippen LogP contribution in [0.2, 0.25) is 0 Å². The number of methoxy groups -OCH3 is 1. The van der Waals surface area contributed by atoms with Crippen molar-refractivity contribution < 1.29 is 19.1 Å². The molecule has 1 N–H and O–H groups in total. The van der Waals surface area contributed by atoms with Gasteiger partial charge in [-0.05, 0) is 74.4 Å². The Kier molecular flexibility index (Phi) is 5.73. The highest BCUT2D eigenvalue weighted by atomic mass is 16.6. The Morgan fingerprint density at radius 1 is 1.04 bits per heavy atom. The molecule has 5 nitrogen and oxygen atoms in total. The van der Waals surface area contributed by atoms with E-state index >= 15 is 0 Å². The molecule has 1 aliphatic rings. The van der Waals surface area contributed by atoms with Gasteiger partial charge in [0.1, 0.15) is 5.60 Å². The van der Waals surface area contributed by atoms with Crippen molar-refractivity contribution in [1.29, 1.82) is 0 Å². The van der Waals surface area contributed by atoms with E-state index in [0.29, 0.717) is 12.1 Å². The lowest BCUT2D eigenvalue weighted by Gasteiger charge is -2.23. The van der Waals surface area contributed by atoms with Gasteiger partial charge >= 0.3 is 12.1 Å². The molecule has 148 valence electrons. The second-order valence-electron chi connectivity index (χ2n) is 8.15. The van der Waals surface area contributed by atoms with Crippen LogP contribution < -0.4 is 5.32 Å². The average molecular weight is 381 g/mol. The molecule has 28 heavy (non-hydrogen) atoms. The number of amides is 1. The third-order valence-electron chi connectivity index (χ3n) is 4.81. The van der Waals surface area contributed by atoms with Crippen LogP contribution in [-0.4, -0.2) is 24.8 Å². The molecular weight excluding hydrogens is 354 g/mol. The summed E-state index contributed by atoms with van der Waals surface area (Å²) in [6.45, 7) is 5.49. The summed E-state index contributed by atoms with van der Waals surface area (Å²) in [5, 5.41) is 2.78. The van der Waals surface area contributed by atoms with Gasteiger partial charge in [0.05, 0.1) is 13.0 Å². The second kappa shape index (κ2) is 8.05. The highest BCUT2D eigenvalue weighted by Gasteiger charge is 2.25. The molecule has 0 saturated carbocycles. The summed E-state index contributed by atoms with van der Waals surface area (Å²) in [7, 11) is 1.44. The van der Waals surface area contributed by atoms with Gasteiger partial charge < -0.3 is 9.47 Å². The van der Waals surface area contributed by atoms with E-state index in [9.17, 15) is 9.59 Å². The van der Waals surface area contributed by atoms with Crippen molar-refractivity contribution in [2.45, 2.75) is 45.6 Å². The van der Waals surface area contributed by atoms with Gasteiger partial charge in [0, 0.05) is 5.69 Å². The molecule has 0 bridgehead atoms. The molecule has 1 aliphatic carbocycles. The smallest absolute Gasteiger partial charge is 0.412 e. The molecule has 0 aliphatic heterocycles. The van der Waals surface area contributed by atoms with Gasteiger partial charge in [-0.1, -0.05) is 30.3 Å². The lowest BCUT2D eigenvalue weighted by atomic mass is 9.82. The molecule has 0 spiro atoms. The number of fused-ring (bicyclic) bond motifs is 1. The summed E-state index contributed by atoms with van der Waals surface area (Å²) in [6.07, 6.45) is 1.94. The lowest BCUT2D eigenvalue weighted by Crippen LogP contribution is -2.27. The standard InChI is InChI=1S/C23H27NO4/c1-23(2,3)28-22(26)24-20-7-5-6-16(14-20)17-10-8-15-9-11-18(21(25)27-4)13-19(15)12-17/h5-8,10,12,14,18H,9,11,13H2,1-4H3,(H,24,26). The van der Waals surface area contributed by atoms with Crippen molar-refractivity contribution in [2.24, 2.45) is 5.92 Å². The van der Waals surface area contributed by atoms with Gasteiger partial charge in [-0.3, -0.25) is 10.1 Å². The van der Waals surface area contributed by atoms with Crippen LogP contribution in [0.25, 0.3) is 11.1 Å². The first-order valence-electron chi connectivity index (χ1n) is 9.55. The Bertz CT molecular complexity index is 882. The minimum Gasteiger partial charge on any atom is -0.469 e. The SMILES string of the molecule is COC(=O)C1CCc2ccc(-c3cccc(NC(=O)OC(C)(C)C)c3)cc2C1. The molecule has 1 unspecified atom stereocenters. The van der Waals surface area contributed by atoms with E-state index in [1.165, 1.54) is 18.2 Å². The number of benzene rings is 2. The van der Waals surface area contributed by atoms with E-state index in [2.05, 4.69) is 23.5 Å². The van der Waals surface area contributed by atoms with Crippen molar-refractivity contribution in [3.63, 3.8) is 0 Å².